The van der Waals surface area contributed by atoms with Gasteiger partial charge in [-0.3, -0.25) is 0 Å². The van der Waals surface area contributed by atoms with Crippen molar-refractivity contribution in [3.8, 4) is 0 Å². The van der Waals surface area contributed by atoms with Gasteiger partial charge in [0.1, 0.15) is 0 Å². The number of para-hydroxylation sites is 1. The molecule has 1 aromatic rings. The van der Waals surface area contributed by atoms with E-state index in [0.29, 0.717) is 6.04 Å². The highest BCUT2D eigenvalue weighted by atomic mass is 79.9. The summed E-state index contributed by atoms with van der Waals surface area (Å²) in [4.78, 5) is 2.48. The average molecular weight is 240 g/mol. The van der Waals surface area contributed by atoms with Crippen molar-refractivity contribution >= 4 is 21.6 Å². The topological polar surface area (TPSA) is 3.24 Å². The number of halogens is 1. The summed E-state index contributed by atoms with van der Waals surface area (Å²) in [6, 6.07) is 9.37. The Balaban J connectivity index is 2.29. The van der Waals surface area contributed by atoms with E-state index in [1.54, 1.807) is 0 Å². The predicted octanol–water partition coefficient (Wildman–Crippen LogP) is 2.83. The number of fused-ring (bicyclic) bond motifs is 1. The van der Waals surface area contributed by atoms with Gasteiger partial charge in [0.25, 0.3) is 0 Å². The molecule has 0 fully saturated rings. The normalized spacial score (nSPS) is 20.5. The molecule has 13 heavy (non-hydrogen) atoms. The van der Waals surface area contributed by atoms with E-state index >= 15 is 0 Å². The first-order valence-electron chi connectivity index (χ1n) is 4.73. The molecule has 0 amide bonds. The Labute approximate surface area is 87.9 Å². The molecule has 2 rings (SSSR count). The van der Waals surface area contributed by atoms with E-state index in [0.717, 1.165) is 11.9 Å². The average Bonchev–Trinajstić information content (AvgIpc) is 2.44. The minimum absolute atomic E-state index is 0.662. The number of benzene rings is 1. The largest absolute Gasteiger partial charge is 0.367 e. The second-order valence-corrected chi connectivity index (χ2v) is 4.36. The van der Waals surface area contributed by atoms with E-state index in [1.807, 2.05) is 0 Å². The van der Waals surface area contributed by atoms with E-state index in [2.05, 4.69) is 52.0 Å². The molecule has 0 saturated heterocycles. The molecule has 0 saturated carbocycles. The molecule has 1 heterocycles. The van der Waals surface area contributed by atoms with Crippen molar-refractivity contribution < 1.29 is 0 Å². The molecule has 1 atom stereocenters. The highest BCUT2D eigenvalue weighted by Crippen LogP contribution is 2.31. The first kappa shape index (κ1) is 9.07. The zero-order chi connectivity index (χ0) is 9.26. The number of rotatable bonds is 2. The van der Waals surface area contributed by atoms with Crippen molar-refractivity contribution in [1.29, 1.82) is 0 Å². The van der Waals surface area contributed by atoms with Crippen LogP contribution < -0.4 is 4.90 Å². The summed E-state index contributed by atoms with van der Waals surface area (Å²) in [6.45, 7) is 3.40. The first-order valence-corrected chi connectivity index (χ1v) is 5.85. The van der Waals surface area contributed by atoms with E-state index < -0.39 is 0 Å². The third-order valence-electron chi connectivity index (χ3n) is 2.67. The van der Waals surface area contributed by atoms with Gasteiger partial charge in [0.2, 0.25) is 0 Å². The lowest BCUT2D eigenvalue weighted by molar-refractivity contribution is 0.694. The Morgan fingerprint density at radius 2 is 2.23 bits per heavy atom. The van der Waals surface area contributed by atoms with Crippen LogP contribution >= 0.6 is 15.9 Å². The van der Waals surface area contributed by atoms with Crippen LogP contribution in [0.4, 0.5) is 5.69 Å². The summed E-state index contributed by atoms with van der Waals surface area (Å²) < 4.78 is 0. The third-order valence-corrected chi connectivity index (χ3v) is 3.03. The Kier molecular flexibility index (Phi) is 2.58. The fourth-order valence-corrected chi connectivity index (χ4v) is 2.44. The summed E-state index contributed by atoms with van der Waals surface area (Å²) in [6.07, 6.45) is 1.20. The van der Waals surface area contributed by atoms with E-state index in [-0.39, 0.29) is 0 Å². The number of anilines is 1. The van der Waals surface area contributed by atoms with Gasteiger partial charge in [-0.25, -0.2) is 0 Å². The van der Waals surface area contributed by atoms with Crippen molar-refractivity contribution in [3.05, 3.63) is 29.8 Å². The van der Waals surface area contributed by atoms with Crippen molar-refractivity contribution in [2.75, 3.05) is 16.8 Å². The highest BCUT2D eigenvalue weighted by molar-refractivity contribution is 9.09. The van der Waals surface area contributed by atoms with Crippen LogP contribution in [0.15, 0.2) is 24.3 Å². The molecule has 0 aliphatic carbocycles. The van der Waals surface area contributed by atoms with Crippen molar-refractivity contribution in [2.24, 2.45) is 0 Å². The second kappa shape index (κ2) is 3.70. The monoisotopic (exact) mass is 239 g/mol. The van der Waals surface area contributed by atoms with E-state index in [1.165, 1.54) is 17.7 Å². The van der Waals surface area contributed by atoms with Gasteiger partial charge >= 0.3 is 0 Å². The van der Waals surface area contributed by atoms with Crippen LogP contribution in [0.1, 0.15) is 12.5 Å². The fourth-order valence-electron chi connectivity index (χ4n) is 2.06. The minimum Gasteiger partial charge on any atom is -0.367 e. The predicted molar refractivity (Wildman–Crippen MR) is 60.7 cm³/mol. The lowest BCUT2D eigenvalue weighted by Gasteiger charge is -2.23. The maximum atomic E-state index is 3.50. The molecule has 1 aliphatic heterocycles. The number of alkyl halides is 1. The van der Waals surface area contributed by atoms with Crippen LogP contribution in [0.25, 0.3) is 0 Å². The number of hydrogen-bond acceptors (Lipinski definition) is 1. The zero-order valence-corrected chi connectivity index (χ0v) is 9.42. The lowest BCUT2D eigenvalue weighted by atomic mass is 10.1. The van der Waals surface area contributed by atoms with Crippen LogP contribution in [0.3, 0.4) is 0 Å². The summed E-state index contributed by atoms with van der Waals surface area (Å²) in [7, 11) is 0. The van der Waals surface area contributed by atoms with Gasteiger partial charge in [0.05, 0.1) is 0 Å². The summed E-state index contributed by atoms with van der Waals surface area (Å²) >= 11 is 3.50. The molecule has 0 spiro atoms. The molecule has 0 N–H and O–H groups in total. The van der Waals surface area contributed by atoms with E-state index in [9.17, 15) is 0 Å². The highest BCUT2D eigenvalue weighted by Gasteiger charge is 2.24. The SMILES string of the molecule is CC1Cc2ccccc2N1CCBr. The Hall–Kier alpha value is -0.500. The van der Waals surface area contributed by atoms with Gasteiger partial charge in [-0.05, 0) is 25.0 Å². The molecule has 1 aromatic carbocycles. The van der Waals surface area contributed by atoms with Gasteiger partial charge in [-0.2, -0.15) is 0 Å². The summed E-state index contributed by atoms with van der Waals surface area (Å²) in [5, 5.41) is 1.05. The summed E-state index contributed by atoms with van der Waals surface area (Å²) in [5.74, 6) is 0. The zero-order valence-electron chi connectivity index (χ0n) is 7.83. The van der Waals surface area contributed by atoms with Crippen molar-refractivity contribution in [3.63, 3.8) is 0 Å². The molecule has 1 nitrogen and oxygen atoms in total. The van der Waals surface area contributed by atoms with Crippen molar-refractivity contribution in [2.45, 2.75) is 19.4 Å². The maximum Gasteiger partial charge on any atom is 0.0402 e. The Morgan fingerprint density at radius 1 is 1.46 bits per heavy atom. The fraction of sp³-hybridized carbons (Fsp3) is 0.455. The first-order chi connectivity index (χ1) is 6.33. The molecule has 0 aromatic heterocycles. The van der Waals surface area contributed by atoms with Crippen LogP contribution in [-0.4, -0.2) is 17.9 Å². The Morgan fingerprint density at radius 3 is 3.00 bits per heavy atom. The van der Waals surface area contributed by atoms with Gasteiger partial charge in [0.15, 0.2) is 0 Å². The van der Waals surface area contributed by atoms with Crippen molar-refractivity contribution in [1.82, 2.24) is 0 Å². The maximum absolute atomic E-state index is 3.50. The molecular weight excluding hydrogens is 226 g/mol. The van der Waals surface area contributed by atoms with Gasteiger partial charge in [0, 0.05) is 23.6 Å². The molecule has 1 unspecified atom stereocenters. The number of hydrogen-bond donors (Lipinski definition) is 0. The molecule has 0 bridgehead atoms. The molecule has 2 heteroatoms. The minimum atomic E-state index is 0.662. The van der Waals surface area contributed by atoms with Crippen LogP contribution in [0.5, 0.6) is 0 Å². The Bertz CT molecular complexity index is 298. The quantitative estimate of drug-likeness (QED) is 0.718. The summed E-state index contributed by atoms with van der Waals surface area (Å²) in [5.41, 5.74) is 2.92. The standard InChI is InChI=1S/C11H14BrN/c1-9-8-10-4-2-3-5-11(10)13(9)7-6-12/h2-5,9H,6-8H2,1H3. The van der Waals surface area contributed by atoms with Gasteiger partial charge in [-0.1, -0.05) is 34.1 Å². The smallest absolute Gasteiger partial charge is 0.0402 e. The van der Waals surface area contributed by atoms with Crippen LogP contribution in [-0.2, 0) is 6.42 Å². The molecular formula is C11H14BrN. The third kappa shape index (κ3) is 1.60. The second-order valence-electron chi connectivity index (χ2n) is 3.56. The van der Waals surface area contributed by atoms with Gasteiger partial charge < -0.3 is 4.90 Å². The van der Waals surface area contributed by atoms with Gasteiger partial charge in [-0.15, -0.1) is 0 Å². The number of nitrogens with zero attached hydrogens (tertiary/aromatic N) is 1. The van der Waals surface area contributed by atoms with Crippen LogP contribution in [0, 0.1) is 0 Å². The molecule has 0 radical (unpaired) electrons. The molecule has 70 valence electrons. The lowest BCUT2D eigenvalue weighted by Crippen LogP contribution is -2.30. The molecule has 1 aliphatic rings. The van der Waals surface area contributed by atoms with E-state index in [4.69, 9.17) is 0 Å². The van der Waals surface area contributed by atoms with Crippen LogP contribution in [0.2, 0.25) is 0 Å².